The first-order valence-electron chi connectivity index (χ1n) is 8.95. The minimum absolute atomic E-state index is 0.241. The highest BCUT2D eigenvalue weighted by atomic mass is 19.1. The number of fused-ring (bicyclic) bond motifs is 1. The van der Waals surface area contributed by atoms with Crippen LogP contribution in [0.4, 0.5) is 4.39 Å². The van der Waals surface area contributed by atoms with Crippen LogP contribution >= 0.6 is 0 Å². The summed E-state index contributed by atoms with van der Waals surface area (Å²) in [4.78, 5) is 31.5. The van der Waals surface area contributed by atoms with Crippen molar-refractivity contribution in [3.8, 4) is 0 Å². The highest BCUT2D eigenvalue weighted by Crippen LogP contribution is 2.27. The van der Waals surface area contributed by atoms with E-state index < -0.39 is 11.9 Å². The van der Waals surface area contributed by atoms with Gasteiger partial charge < -0.3 is 10.2 Å². The molecule has 5 nitrogen and oxygen atoms in total. The number of hydrogen-bond donors (Lipinski definition) is 1. The van der Waals surface area contributed by atoms with Crippen LogP contribution < -0.4 is 5.32 Å². The van der Waals surface area contributed by atoms with E-state index >= 15 is 0 Å². The van der Waals surface area contributed by atoms with E-state index in [9.17, 15) is 14.0 Å². The number of halogens is 1. The Hall–Kier alpha value is -2.76. The number of carbonyl (C=O) groups is 2. The summed E-state index contributed by atoms with van der Waals surface area (Å²) in [6.45, 7) is 0.762. The molecule has 1 aliphatic heterocycles. The molecule has 0 spiro atoms. The number of hydrogen-bond acceptors (Lipinski definition) is 3. The van der Waals surface area contributed by atoms with Crippen LogP contribution in [0.5, 0.6) is 0 Å². The Bertz CT molecular complexity index is 868. The quantitative estimate of drug-likeness (QED) is 0.902. The molecule has 1 aliphatic carbocycles. The lowest BCUT2D eigenvalue weighted by Crippen LogP contribution is -2.52. The number of rotatable bonds is 2. The summed E-state index contributed by atoms with van der Waals surface area (Å²) >= 11 is 0. The van der Waals surface area contributed by atoms with Gasteiger partial charge in [-0.1, -0.05) is 12.1 Å². The van der Waals surface area contributed by atoms with E-state index in [1.165, 1.54) is 17.0 Å². The number of amides is 2. The first kappa shape index (κ1) is 16.7. The third-order valence-electron chi connectivity index (χ3n) is 5.05. The van der Waals surface area contributed by atoms with Crippen molar-refractivity contribution < 1.29 is 14.0 Å². The van der Waals surface area contributed by atoms with Crippen molar-refractivity contribution in [2.24, 2.45) is 0 Å². The van der Waals surface area contributed by atoms with Crippen LogP contribution in [0.1, 0.15) is 46.1 Å². The highest BCUT2D eigenvalue weighted by Gasteiger charge is 2.35. The molecule has 0 saturated carbocycles. The topological polar surface area (TPSA) is 62.3 Å². The second-order valence-electron chi connectivity index (χ2n) is 6.78. The molecule has 134 valence electrons. The standard InChI is InChI=1S/C20H20FN3O2/c21-16-6-3-5-14(11-16)18-19(25)22-8-9-24(18)20(26)15-10-13-4-1-2-7-17(13)23-12-15/h3,5-6,10-12,18H,1-2,4,7-9H2,(H,22,25). The molecular weight excluding hydrogens is 333 g/mol. The molecular formula is C20H20FN3O2. The molecule has 0 bridgehead atoms. The molecule has 2 amide bonds. The number of nitrogens with one attached hydrogen (secondary N) is 1. The number of piperazine rings is 1. The number of nitrogens with zero attached hydrogens (tertiary/aromatic N) is 2. The lowest BCUT2D eigenvalue weighted by molar-refractivity contribution is -0.128. The summed E-state index contributed by atoms with van der Waals surface area (Å²) in [7, 11) is 0. The van der Waals surface area contributed by atoms with E-state index in [4.69, 9.17) is 0 Å². The number of pyridine rings is 1. The number of aryl methyl sites for hydroxylation is 2. The Morgan fingerprint density at radius 2 is 2.08 bits per heavy atom. The molecule has 2 aromatic rings. The Morgan fingerprint density at radius 1 is 1.23 bits per heavy atom. The van der Waals surface area contributed by atoms with E-state index in [2.05, 4.69) is 10.3 Å². The summed E-state index contributed by atoms with van der Waals surface area (Å²) < 4.78 is 13.6. The lowest BCUT2D eigenvalue weighted by Gasteiger charge is -2.35. The van der Waals surface area contributed by atoms with Crippen LogP contribution in [0.25, 0.3) is 0 Å². The number of benzene rings is 1. The van der Waals surface area contributed by atoms with Gasteiger partial charge >= 0.3 is 0 Å². The van der Waals surface area contributed by atoms with Crippen molar-refractivity contribution in [2.45, 2.75) is 31.7 Å². The van der Waals surface area contributed by atoms with Crippen LogP contribution in [-0.4, -0.2) is 34.8 Å². The van der Waals surface area contributed by atoms with E-state index in [1.54, 1.807) is 18.3 Å². The maximum absolute atomic E-state index is 13.6. The molecule has 4 rings (SSSR count). The van der Waals surface area contributed by atoms with Crippen molar-refractivity contribution in [1.82, 2.24) is 15.2 Å². The van der Waals surface area contributed by atoms with Gasteiger partial charge in [-0.25, -0.2) is 4.39 Å². The maximum Gasteiger partial charge on any atom is 0.256 e. The van der Waals surface area contributed by atoms with Crippen molar-refractivity contribution in [3.63, 3.8) is 0 Å². The second-order valence-corrected chi connectivity index (χ2v) is 6.78. The van der Waals surface area contributed by atoms with Gasteiger partial charge in [0.2, 0.25) is 5.91 Å². The van der Waals surface area contributed by atoms with Crippen molar-refractivity contribution in [2.75, 3.05) is 13.1 Å². The SMILES string of the molecule is O=C1NCCN(C(=O)c2cnc3c(c2)CCCC3)C1c1cccc(F)c1. The monoisotopic (exact) mass is 353 g/mol. The maximum atomic E-state index is 13.6. The van der Waals surface area contributed by atoms with Crippen LogP contribution in [0.3, 0.4) is 0 Å². The minimum atomic E-state index is -0.831. The Balaban J connectivity index is 1.67. The zero-order valence-corrected chi connectivity index (χ0v) is 14.4. The van der Waals surface area contributed by atoms with Crippen LogP contribution in [0, 0.1) is 5.82 Å². The smallest absolute Gasteiger partial charge is 0.256 e. The summed E-state index contributed by atoms with van der Waals surface area (Å²) in [6.07, 6.45) is 5.70. The molecule has 1 atom stereocenters. The predicted molar refractivity (Wildman–Crippen MR) is 94.1 cm³/mol. The van der Waals surface area contributed by atoms with Crippen LogP contribution in [0.15, 0.2) is 36.5 Å². The van der Waals surface area contributed by atoms with Gasteiger partial charge in [0.05, 0.1) is 5.56 Å². The molecule has 26 heavy (non-hydrogen) atoms. The third-order valence-corrected chi connectivity index (χ3v) is 5.05. The van der Waals surface area contributed by atoms with Gasteiger partial charge in [-0.2, -0.15) is 0 Å². The highest BCUT2D eigenvalue weighted by molar-refractivity contribution is 5.98. The molecule has 0 radical (unpaired) electrons. The first-order valence-corrected chi connectivity index (χ1v) is 8.95. The Morgan fingerprint density at radius 3 is 2.92 bits per heavy atom. The Labute approximate surface area is 151 Å². The minimum Gasteiger partial charge on any atom is -0.352 e. The van der Waals surface area contributed by atoms with E-state index in [0.717, 1.165) is 36.9 Å². The lowest BCUT2D eigenvalue weighted by atomic mass is 9.94. The van der Waals surface area contributed by atoms with Crippen LogP contribution in [0.2, 0.25) is 0 Å². The summed E-state index contributed by atoms with van der Waals surface area (Å²) in [5, 5.41) is 2.77. The molecule has 1 fully saturated rings. The Kier molecular flexibility index (Phi) is 4.41. The van der Waals surface area contributed by atoms with E-state index in [-0.39, 0.29) is 11.8 Å². The average molecular weight is 353 g/mol. The zero-order valence-electron chi connectivity index (χ0n) is 14.4. The summed E-state index contributed by atoms with van der Waals surface area (Å²) in [5.74, 6) is -0.958. The van der Waals surface area contributed by atoms with Crippen molar-refractivity contribution in [3.05, 3.63) is 64.7 Å². The second kappa shape index (κ2) is 6.86. The van der Waals surface area contributed by atoms with Crippen molar-refractivity contribution >= 4 is 11.8 Å². The largest absolute Gasteiger partial charge is 0.352 e. The number of carbonyl (C=O) groups excluding carboxylic acids is 2. The van der Waals surface area contributed by atoms with Gasteiger partial charge in [0.25, 0.3) is 5.91 Å². The molecule has 6 heteroatoms. The van der Waals surface area contributed by atoms with Gasteiger partial charge in [0.1, 0.15) is 11.9 Å². The average Bonchev–Trinajstić information content (AvgIpc) is 2.67. The number of aromatic nitrogens is 1. The molecule has 1 N–H and O–H groups in total. The fourth-order valence-corrected chi connectivity index (χ4v) is 3.76. The van der Waals surface area contributed by atoms with Crippen molar-refractivity contribution in [1.29, 1.82) is 0 Å². The van der Waals surface area contributed by atoms with E-state index in [1.807, 2.05) is 6.07 Å². The molecule has 2 heterocycles. The molecule has 1 aromatic heterocycles. The first-order chi connectivity index (χ1) is 12.6. The van der Waals surface area contributed by atoms with Gasteiger partial charge in [-0.15, -0.1) is 0 Å². The summed E-state index contributed by atoms with van der Waals surface area (Å²) in [5.41, 5.74) is 3.14. The van der Waals surface area contributed by atoms with Gasteiger partial charge in [-0.05, 0) is 55.0 Å². The molecule has 1 saturated heterocycles. The fraction of sp³-hybridized carbons (Fsp3) is 0.350. The molecule has 1 unspecified atom stereocenters. The fourth-order valence-electron chi connectivity index (χ4n) is 3.76. The summed E-state index contributed by atoms with van der Waals surface area (Å²) in [6, 6.07) is 6.92. The zero-order chi connectivity index (χ0) is 18.1. The molecule has 1 aromatic carbocycles. The van der Waals surface area contributed by atoms with Gasteiger partial charge in [-0.3, -0.25) is 14.6 Å². The third kappa shape index (κ3) is 3.07. The molecule has 2 aliphatic rings. The normalized spacial score (nSPS) is 19.7. The van der Waals surface area contributed by atoms with E-state index in [0.29, 0.717) is 24.2 Å². The van der Waals surface area contributed by atoms with Gasteiger partial charge in [0, 0.05) is 25.0 Å². The van der Waals surface area contributed by atoms with Crippen LogP contribution in [-0.2, 0) is 17.6 Å². The van der Waals surface area contributed by atoms with Gasteiger partial charge in [0.15, 0.2) is 0 Å². The predicted octanol–water partition coefficient (Wildman–Crippen LogP) is 2.41.